The lowest BCUT2D eigenvalue weighted by Gasteiger charge is -2.30. The second-order valence-corrected chi connectivity index (χ2v) is 9.85. The van der Waals surface area contributed by atoms with Gasteiger partial charge < -0.3 is 20.4 Å². The molecule has 0 saturated carbocycles. The summed E-state index contributed by atoms with van der Waals surface area (Å²) in [6.45, 7) is 13.1. The van der Waals surface area contributed by atoms with E-state index in [9.17, 15) is 19.2 Å². The molecule has 8 heteroatoms. The van der Waals surface area contributed by atoms with E-state index in [4.69, 9.17) is 0 Å². The molecule has 0 aliphatic carbocycles. The standard InChI is InChI=1S/C23H40N4O4/c1-16(2)19(26(7)20(29)14-24-15-28)13-17(3)22(31)27-12-8-9-18(27)21(30)25-11-10-23(4,5)6/h13,15-16,18-19H,8-12,14H2,1-7H3,(H,24,28)(H,25,30)/t18-,19?/m0/s1. The van der Waals surface area contributed by atoms with Gasteiger partial charge in [-0.3, -0.25) is 19.2 Å². The molecule has 0 spiro atoms. The Morgan fingerprint density at radius 1 is 1.23 bits per heavy atom. The summed E-state index contributed by atoms with van der Waals surface area (Å²) in [7, 11) is 1.66. The molecule has 0 aromatic rings. The lowest BCUT2D eigenvalue weighted by Crippen LogP contribution is -2.47. The van der Waals surface area contributed by atoms with Gasteiger partial charge in [-0.1, -0.05) is 40.7 Å². The SMILES string of the molecule is CC(=CC(C(C)C)N(C)C(=O)CNC=O)C(=O)N1CCC[C@H]1C(=O)NCCC(C)(C)C. The van der Waals surface area contributed by atoms with Crippen LogP contribution >= 0.6 is 0 Å². The van der Waals surface area contributed by atoms with Crippen LogP contribution in [0.25, 0.3) is 0 Å². The lowest BCUT2D eigenvalue weighted by atomic mass is 9.92. The Kier molecular flexibility index (Phi) is 10.2. The van der Waals surface area contributed by atoms with Gasteiger partial charge >= 0.3 is 0 Å². The summed E-state index contributed by atoms with van der Waals surface area (Å²) >= 11 is 0. The van der Waals surface area contributed by atoms with Crippen molar-refractivity contribution in [3.63, 3.8) is 0 Å². The number of hydrogen-bond acceptors (Lipinski definition) is 4. The van der Waals surface area contributed by atoms with Crippen LogP contribution < -0.4 is 10.6 Å². The van der Waals surface area contributed by atoms with Crippen LogP contribution in [-0.2, 0) is 19.2 Å². The predicted octanol–water partition coefficient (Wildman–Crippen LogP) is 1.71. The summed E-state index contributed by atoms with van der Waals surface area (Å²) in [6.07, 6.45) is 4.59. The maximum absolute atomic E-state index is 13.1. The van der Waals surface area contributed by atoms with Crippen molar-refractivity contribution in [2.75, 3.05) is 26.7 Å². The quantitative estimate of drug-likeness (QED) is 0.402. The number of amides is 4. The molecule has 2 atom stereocenters. The Labute approximate surface area is 186 Å². The highest BCUT2D eigenvalue weighted by Gasteiger charge is 2.35. The summed E-state index contributed by atoms with van der Waals surface area (Å²) < 4.78 is 0. The van der Waals surface area contributed by atoms with E-state index >= 15 is 0 Å². The van der Waals surface area contributed by atoms with E-state index in [2.05, 4.69) is 31.4 Å². The molecule has 31 heavy (non-hydrogen) atoms. The number of carbonyl (C=O) groups is 4. The van der Waals surface area contributed by atoms with Gasteiger partial charge in [0.1, 0.15) is 6.04 Å². The molecule has 176 valence electrons. The van der Waals surface area contributed by atoms with E-state index in [-0.39, 0.29) is 41.6 Å². The van der Waals surface area contributed by atoms with Gasteiger partial charge in [-0.05, 0) is 37.5 Å². The number of nitrogens with one attached hydrogen (secondary N) is 2. The summed E-state index contributed by atoms with van der Waals surface area (Å²) in [5, 5.41) is 5.35. The summed E-state index contributed by atoms with van der Waals surface area (Å²) in [4.78, 5) is 51.8. The number of carbonyl (C=O) groups excluding carboxylic acids is 4. The van der Waals surface area contributed by atoms with Crippen LogP contribution in [-0.4, -0.2) is 72.7 Å². The van der Waals surface area contributed by atoms with Gasteiger partial charge in [0.05, 0.1) is 12.6 Å². The molecule has 8 nitrogen and oxygen atoms in total. The van der Waals surface area contributed by atoms with Crippen molar-refractivity contribution < 1.29 is 19.2 Å². The van der Waals surface area contributed by atoms with E-state index in [0.717, 1.165) is 12.8 Å². The minimum absolute atomic E-state index is 0.0722. The molecule has 1 saturated heterocycles. The first-order valence-electron chi connectivity index (χ1n) is 11.1. The third-order valence-electron chi connectivity index (χ3n) is 5.61. The zero-order chi connectivity index (χ0) is 23.8. The number of rotatable bonds is 10. The molecule has 4 amide bonds. The lowest BCUT2D eigenvalue weighted by molar-refractivity contribution is -0.135. The Morgan fingerprint density at radius 3 is 2.42 bits per heavy atom. The first-order valence-corrected chi connectivity index (χ1v) is 11.1. The third-order valence-corrected chi connectivity index (χ3v) is 5.61. The fraction of sp³-hybridized carbons (Fsp3) is 0.739. The van der Waals surface area contributed by atoms with Crippen LogP contribution in [0.1, 0.15) is 60.8 Å². The highest BCUT2D eigenvalue weighted by Crippen LogP contribution is 2.22. The molecule has 0 radical (unpaired) electrons. The van der Waals surface area contributed by atoms with Gasteiger partial charge in [0, 0.05) is 25.7 Å². The summed E-state index contributed by atoms with van der Waals surface area (Å²) in [5.41, 5.74) is 0.644. The Balaban J connectivity index is 2.87. The van der Waals surface area contributed by atoms with E-state index in [1.807, 2.05) is 13.8 Å². The van der Waals surface area contributed by atoms with Crippen molar-refractivity contribution in [2.45, 2.75) is 72.9 Å². The largest absolute Gasteiger partial charge is 0.354 e. The predicted molar refractivity (Wildman–Crippen MR) is 121 cm³/mol. The molecule has 1 rings (SSSR count). The second-order valence-electron chi connectivity index (χ2n) is 9.85. The summed E-state index contributed by atoms with van der Waals surface area (Å²) in [6, 6.07) is -0.754. The average molecular weight is 437 g/mol. The third kappa shape index (κ3) is 8.34. The fourth-order valence-corrected chi connectivity index (χ4v) is 3.69. The van der Waals surface area contributed by atoms with Crippen LogP contribution in [0.15, 0.2) is 11.6 Å². The zero-order valence-corrected chi connectivity index (χ0v) is 20.2. The topological polar surface area (TPSA) is 98.8 Å². The fourth-order valence-electron chi connectivity index (χ4n) is 3.69. The molecule has 1 aliphatic rings. The first kappa shape index (κ1) is 26.7. The van der Waals surface area contributed by atoms with Crippen LogP contribution in [0.3, 0.4) is 0 Å². The maximum Gasteiger partial charge on any atom is 0.249 e. The normalized spacial score (nSPS) is 18.0. The van der Waals surface area contributed by atoms with Crippen molar-refractivity contribution in [3.8, 4) is 0 Å². The number of likely N-dealkylation sites (N-methyl/N-ethyl adjacent to an activating group) is 1. The summed E-state index contributed by atoms with van der Waals surface area (Å²) in [5.74, 6) is -0.441. The molecular formula is C23H40N4O4. The van der Waals surface area contributed by atoms with E-state index in [1.54, 1.807) is 29.8 Å². The molecular weight excluding hydrogens is 396 g/mol. The van der Waals surface area contributed by atoms with E-state index in [0.29, 0.717) is 31.5 Å². The molecule has 1 aliphatic heterocycles. The van der Waals surface area contributed by atoms with Gasteiger partial charge in [0.25, 0.3) is 0 Å². The zero-order valence-electron chi connectivity index (χ0n) is 20.2. The smallest absolute Gasteiger partial charge is 0.249 e. The van der Waals surface area contributed by atoms with Crippen molar-refractivity contribution in [3.05, 3.63) is 11.6 Å². The highest BCUT2D eigenvalue weighted by molar-refractivity contribution is 5.97. The first-order chi connectivity index (χ1) is 14.4. The molecule has 1 fully saturated rings. The molecule has 0 bridgehead atoms. The van der Waals surface area contributed by atoms with Crippen molar-refractivity contribution in [1.29, 1.82) is 0 Å². The molecule has 1 unspecified atom stereocenters. The van der Waals surface area contributed by atoms with Gasteiger partial charge in [0.2, 0.25) is 24.1 Å². The van der Waals surface area contributed by atoms with Gasteiger partial charge in [0.15, 0.2) is 0 Å². The molecule has 2 N–H and O–H groups in total. The van der Waals surface area contributed by atoms with Crippen molar-refractivity contribution in [1.82, 2.24) is 20.4 Å². The maximum atomic E-state index is 13.1. The Bertz CT molecular complexity index is 682. The highest BCUT2D eigenvalue weighted by atomic mass is 16.2. The number of hydrogen-bond donors (Lipinski definition) is 2. The van der Waals surface area contributed by atoms with Crippen LogP contribution in [0.5, 0.6) is 0 Å². The second kappa shape index (κ2) is 11.9. The van der Waals surface area contributed by atoms with Crippen LogP contribution in [0, 0.1) is 11.3 Å². The molecule has 1 heterocycles. The monoisotopic (exact) mass is 436 g/mol. The Morgan fingerprint density at radius 2 is 1.87 bits per heavy atom. The van der Waals surface area contributed by atoms with Crippen LogP contribution in [0.2, 0.25) is 0 Å². The van der Waals surface area contributed by atoms with Gasteiger partial charge in [-0.25, -0.2) is 0 Å². The van der Waals surface area contributed by atoms with Crippen molar-refractivity contribution in [2.24, 2.45) is 11.3 Å². The van der Waals surface area contributed by atoms with Gasteiger partial charge in [-0.15, -0.1) is 0 Å². The minimum Gasteiger partial charge on any atom is -0.354 e. The molecule has 0 aromatic heterocycles. The molecule has 0 aromatic carbocycles. The van der Waals surface area contributed by atoms with Crippen molar-refractivity contribution >= 4 is 24.1 Å². The Hall–Kier alpha value is -2.38. The minimum atomic E-state index is -0.454. The van der Waals surface area contributed by atoms with Gasteiger partial charge in [-0.2, -0.15) is 0 Å². The average Bonchev–Trinajstić information content (AvgIpc) is 3.17. The van der Waals surface area contributed by atoms with E-state index in [1.165, 1.54) is 0 Å². The van der Waals surface area contributed by atoms with Crippen LogP contribution in [0.4, 0.5) is 0 Å². The number of nitrogens with zero attached hydrogens (tertiary/aromatic N) is 2. The van der Waals surface area contributed by atoms with E-state index < -0.39 is 6.04 Å². The number of likely N-dealkylation sites (tertiary alicyclic amines) is 1.